The third-order valence-corrected chi connectivity index (χ3v) is 7.73. The Morgan fingerprint density at radius 3 is 2.41 bits per heavy atom. The lowest BCUT2D eigenvalue weighted by molar-refractivity contribution is -0.120. The SMILES string of the molecule is O=C(CCNCc1ccc(-c2ccccc2)cc1)Nc1ccc2nc(NC(=O)C3CCCCC3)sc2c1. The van der Waals surface area contributed by atoms with Crippen molar-refractivity contribution in [3.05, 3.63) is 78.4 Å². The predicted octanol–water partition coefficient (Wildman–Crippen LogP) is 6.60. The summed E-state index contributed by atoms with van der Waals surface area (Å²) in [6.45, 7) is 1.30. The third-order valence-electron chi connectivity index (χ3n) is 6.80. The monoisotopic (exact) mass is 512 g/mol. The zero-order chi connectivity index (χ0) is 25.5. The van der Waals surface area contributed by atoms with E-state index in [-0.39, 0.29) is 17.7 Å². The average Bonchev–Trinajstić information content (AvgIpc) is 3.34. The van der Waals surface area contributed by atoms with Gasteiger partial charge in [0.2, 0.25) is 11.8 Å². The van der Waals surface area contributed by atoms with Crippen molar-refractivity contribution in [3.8, 4) is 11.1 Å². The molecule has 1 saturated carbocycles. The van der Waals surface area contributed by atoms with Crippen LogP contribution in [0.2, 0.25) is 0 Å². The number of nitrogens with one attached hydrogen (secondary N) is 3. The number of carbonyl (C=O) groups is 2. The second-order valence-electron chi connectivity index (χ2n) is 9.56. The fraction of sp³-hybridized carbons (Fsp3) is 0.300. The highest BCUT2D eigenvalue weighted by Crippen LogP contribution is 2.30. The fourth-order valence-electron chi connectivity index (χ4n) is 4.73. The van der Waals surface area contributed by atoms with E-state index in [0.717, 1.165) is 41.6 Å². The molecule has 1 aliphatic carbocycles. The largest absolute Gasteiger partial charge is 0.326 e. The van der Waals surface area contributed by atoms with Crippen molar-refractivity contribution < 1.29 is 9.59 Å². The summed E-state index contributed by atoms with van der Waals surface area (Å²) in [5.41, 5.74) is 5.14. The zero-order valence-electron chi connectivity index (χ0n) is 20.8. The highest BCUT2D eigenvalue weighted by Gasteiger charge is 2.22. The number of nitrogens with zero attached hydrogens (tertiary/aromatic N) is 1. The molecule has 3 aromatic carbocycles. The van der Waals surface area contributed by atoms with Crippen molar-refractivity contribution >= 4 is 44.2 Å². The summed E-state index contributed by atoms with van der Waals surface area (Å²) in [5, 5.41) is 9.93. The van der Waals surface area contributed by atoms with Gasteiger partial charge >= 0.3 is 0 Å². The Bertz CT molecular complexity index is 1350. The number of thiazole rings is 1. The molecule has 190 valence electrons. The van der Waals surface area contributed by atoms with E-state index in [0.29, 0.717) is 24.6 Å². The first-order valence-electron chi connectivity index (χ1n) is 13.0. The molecular weight excluding hydrogens is 480 g/mol. The van der Waals surface area contributed by atoms with E-state index >= 15 is 0 Å². The summed E-state index contributed by atoms with van der Waals surface area (Å²) in [4.78, 5) is 29.5. The molecule has 4 aromatic rings. The second-order valence-corrected chi connectivity index (χ2v) is 10.6. The first-order valence-corrected chi connectivity index (χ1v) is 13.8. The van der Waals surface area contributed by atoms with Crippen molar-refractivity contribution in [3.63, 3.8) is 0 Å². The van der Waals surface area contributed by atoms with Crippen LogP contribution in [0, 0.1) is 5.92 Å². The maximum absolute atomic E-state index is 12.5. The molecule has 2 amide bonds. The first-order chi connectivity index (χ1) is 18.1. The number of fused-ring (bicyclic) bond motifs is 1. The highest BCUT2D eigenvalue weighted by atomic mass is 32.1. The lowest BCUT2D eigenvalue weighted by Crippen LogP contribution is -2.24. The minimum Gasteiger partial charge on any atom is -0.326 e. The van der Waals surface area contributed by atoms with Gasteiger partial charge in [0.05, 0.1) is 10.2 Å². The standard InChI is InChI=1S/C30H32N4O2S/c35-28(17-18-31-20-21-11-13-23(14-12-21)22-7-3-1-4-8-22)32-25-15-16-26-27(19-25)37-30(33-26)34-29(36)24-9-5-2-6-10-24/h1,3-4,7-8,11-16,19,24,31H,2,5-6,9-10,17-18,20H2,(H,32,35)(H,33,34,36). The van der Waals surface area contributed by atoms with Crippen LogP contribution in [0.3, 0.4) is 0 Å². The van der Waals surface area contributed by atoms with Crippen molar-refractivity contribution in [2.24, 2.45) is 5.92 Å². The van der Waals surface area contributed by atoms with Gasteiger partial charge in [0.25, 0.3) is 0 Å². The number of carbonyl (C=O) groups excluding carboxylic acids is 2. The van der Waals surface area contributed by atoms with Crippen molar-refractivity contribution in [1.29, 1.82) is 0 Å². The molecule has 0 aliphatic heterocycles. The van der Waals surface area contributed by atoms with E-state index in [1.165, 1.54) is 34.4 Å². The molecule has 1 aromatic heterocycles. The molecule has 6 nitrogen and oxygen atoms in total. The lowest BCUT2D eigenvalue weighted by Gasteiger charge is -2.19. The van der Waals surface area contributed by atoms with Crippen molar-refractivity contribution in [2.45, 2.75) is 45.1 Å². The summed E-state index contributed by atoms with van der Waals surface area (Å²) >= 11 is 1.44. The Labute approximate surface area is 221 Å². The zero-order valence-corrected chi connectivity index (χ0v) is 21.7. The minimum absolute atomic E-state index is 0.0402. The molecule has 0 atom stereocenters. The summed E-state index contributed by atoms with van der Waals surface area (Å²) in [6, 6.07) is 24.5. The Kier molecular flexibility index (Phi) is 8.23. The van der Waals surface area contributed by atoms with Gasteiger partial charge in [-0.1, -0.05) is 85.2 Å². The average molecular weight is 513 g/mol. The molecule has 7 heteroatoms. The molecule has 0 bridgehead atoms. The maximum atomic E-state index is 12.5. The quantitative estimate of drug-likeness (QED) is 0.221. The van der Waals surface area contributed by atoms with Crippen LogP contribution in [0.1, 0.15) is 44.1 Å². The Hall–Kier alpha value is -3.55. The molecule has 0 spiro atoms. The number of hydrogen-bond donors (Lipinski definition) is 3. The van der Waals surface area contributed by atoms with Gasteiger partial charge in [-0.25, -0.2) is 4.98 Å². The van der Waals surface area contributed by atoms with E-state index in [1.807, 2.05) is 36.4 Å². The number of amides is 2. The van der Waals surface area contributed by atoms with Gasteiger partial charge in [-0.2, -0.15) is 0 Å². The summed E-state index contributed by atoms with van der Waals surface area (Å²) in [5.74, 6) is 0.131. The van der Waals surface area contributed by atoms with Gasteiger partial charge in [0.1, 0.15) is 0 Å². The van der Waals surface area contributed by atoms with Crippen LogP contribution in [-0.4, -0.2) is 23.3 Å². The summed E-state index contributed by atoms with van der Waals surface area (Å²) in [6.07, 6.45) is 5.77. The molecule has 3 N–H and O–H groups in total. The van der Waals surface area contributed by atoms with E-state index in [2.05, 4.69) is 57.3 Å². The molecule has 0 saturated heterocycles. The number of aromatic nitrogens is 1. The smallest absolute Gasteiger partial charge is 0.229 e. The van der Waals surface area contributed by atoms with Gasteiger partial charge in [-0.05, 0) is 47.7 Å². The molecule has 1 heterocycles. The Balaban J connectivity index is 1.07. The van der Waals surface area contributed by atoms with Gasteiger partial charge in [-0.3, -0.25) is 9.59 Å². The van der Waals surface area contributed by atoms with E-state index in [1.54, 1.807) is 0 Å². The maximum Gasteiger partial charge on any atom is 0.229 e. The molecule has 5 rings (SSSR count). The van der Waals surface area contributed by atoms with Crippen LogP contribution in [0.15, 0.2) is 72.8 Å². The van der Waals surface area contributed by atoms with Crippen LogP contribution < -0.4 is 16.0 Å². The highest BCUT2D eigenvalue weighted by molar-refractivity contribution is 7.22. The number of benzene rings is 3. The normalized spacial score (nSPS) is 13.9. The third kappa shape index (κ3) is 6.81. The topological polar surface area (TPSA) is 83.1 Å². The Morgan fingerprint density at radius 2 is 1.62 bits per heavy atom. The second kappa shape index (κ2) is 12.1. The lowest BCUT2D eigenvalue weighted by atomic mass is 9.89. The minimum atomic E-state index is -0.0402. The molecular formula is C30H32N4O2S. The molecule has 37 heavy (non-hydrogen) atoms. The van der Waals surface area contributed by atoms with Crippen molar-refractivity contribution in [2.75, 3.05) is 17.2 Å². The van der Waals surface area contributed by atoms with E-state index in [9.17, 15) is 9.59 Å². The molecule has 0 unspecified atom stereocenters. The fourth-order valence-corrected chi connectivity index (χ4v) is 5.64. The van der Waals surface area contributed by atoms with Gasteiger partial charge in [-0.15, -0.1) is 0 Å². The molecule has 1 aliphatic rings. The summed E-state index contributed by atoms with van der Waals surface area (Å²) in [7, 11) is 0. The number of anilines is 2. The summed E-state index contributed by atoms with van der Waals surface area (Å²) < 4.78 is 0.939. The Morgan fingerprint density at radius 1 is 0.865 bits per heavy atom. The van der Waals surface area contributed by atoms with Gasteiger partial charge < -0.3 is 16.0 Å². The first kappa shape index (κ1) is 25.1. The van der Waals surface area contributed by atoms with Crippen LogP contribution in [0.25, 0.3) is 21.3 Å². The van der Waals surface area contributed by atoms with Crippen LogP contribution in [0.4, 0.5) is 10.8 Å². The molecule has 0 radical (unpaired) electrons. The van der Waals surface area contributed by atoms with Crippen LogP contribution in [0.5, 0.6) is 0 Å². The van der Waals surface area contributed by atoms with Crippen LogP contribution in [-0.2, 0) is 16.1 Å². The van der Waals surface area contributed by atoms with Gasteiger partial charge in [0.15, 0.2) is 5.13 Å². The predicted molar refractivity (Wildman–Crippen MR) is 152 cm³/mol. The van der Waals surface area contributed by atoms with Crippen molar-refractivity contribution in [1.82, 2.24) is 10.3 Å². The number of rotatable bonds is 9. The molecule has 1 fully saturated rings. The number of hydrogen-bond acceptors (Lipinski definition) is 5. The van der Waals surface area contributed by atoms with Crippen LogP contribution >= 0.6 is 11.3 Å². The van der Waals surface area contributed by atoms with E-state index < -0.39 is 0 Å². The van der Waals surface area contributed by atoms with E-state index in [4.69, 9.17) is 0 Å². The van der Waals surface area contributed by atoms with Gasteiger partial charge in [0, 0.05) is 31.1 Å².